The van der Waals surface area contributed by atoms with Crippen molar-refractivity contribution in [2.45, 2.75) is 78.0 Å². The van der Waals surface area contributed by atoms with E-state index in [1.807, 2.05) is 0 Å². The Kier molecular flexibility index (Phi) is 7.33. The molecule has 19 heavy (non-hydrogen) atoms. The maximum Gasteiger partial charge on any atom is 0.0731 e. The van der Waals surface area contributed by atoms with E-state index in [0.717, 1.165) is 12.5 Å². The van der Waals surface area contributed by atoms with Crippen molar-refractivity contribution < 1.29 is 9.47 Å². The van der Waals surface area contributed by atoms with Crippen LogP contribution in [0.2, 0.25) is 0 Å². The van der Waals surface area contributed by atoms with Gasteiger partial charge in [0.25, 0.3) is 0 Å². The fourth-order valence-corrected chi connectivity index (χ4v) is 2.81. The molecule has 0 radical (unpaired) electrons. The summed E-state index contributed by atoms with van der Waals surface area (Å²) in [7, 11) is 0. The molecule has 1 aliphatic rings. The molecule has 1 N–H and O–H groups in total. The van der Waals surface area contributed by atoms with E-state index in [-0.39, 0.29) is 5.60 Å². The molecule has 1 aliphatic carbocycles. The minimum Gasteiger partial charge on any atom is -0.374 e. The Hall–Kier alpha value is -0.120. The number of hydrogen-bond acceptors (Lipinski definition) is 3. The van der Waals surface area contributed by atoms with Gasteiger partial charge in [0.1, 0.15) is 0 Å². The van der Waals surface area contributed by atoms with Gasteiger partial charge < -0.3 is 14.8 Å². The van der Waals surface area contributed by atoms with Crippen LogP contribution in [0.3, 0.4) is 0 Å². The van der Waals surface area contributed by atoms with Gasteiger partial charge in [-0.2, -0.15) is 0 Å². The van der Waals surface area contributed by atoms with Crippen molar-refractivity contribution in [1.29, 1.82) is 0 Å². The fraction of sp³-hybridized carbons (Fsp3) is 1.00. The van der Waals surface area contributed by atoms with Gasteiger partial charge in [-0.3, -0.25) is 0 Å². The first-order valence-electron chi connectivity index (χ1n) is 7.95. The molecule has 0 amide bonds. The summed E-state index contributed by atoms with van der Waals surface area (Å²) in [5.74, 6) is 0.837. The molecule has 3 unspecified atom stereocenters. The van der Waals surface area contributed by atoms with Crippen LogP contribution in [0.5, 0.6) is 0 Å². The minimum atomic E-state index is -0.0665. The molecule has 3 nitrogen and oxygen atoms in total. The number of nitrogens with one attached hydrogen (secondary N) is 1. The van der Waals surface area contributed by atoms with E-state index in [1.165, 1.54) is 25.7 Å². The van der Waals surface area contributed by atoms with E-state index in [1.54, 1.807) is 0 Å². The lowest BCUT2D eigenvalue weighted by atomic mass is 9.82. The van der Waals surface area contributed by atoms with Crippen molar-refractivity contribution in [3.8, 4) is 0 Å². The Morgan fingerprint density at radius 2 is 1.84 bits per heavy atom. The molecule has 1 rings (SSSR count). The van der Waals surface area contributed by atoms with Gasteiger partial charge in [-0.25, -0.2) is 0 Å². The highest BCUT2D eigenvalue weighted by atomic mass is 16.5. The Morgan fingerprint density at radius 1 is 1.11 bits per heavy atom. The zero-order valence-electron chi connectivity index (χ0n) is 13.5. The molecule has 1 fully saturated rings. The van der Waals surface area contributed by atoms with Crippen LogP contribution < -0.4 is 5.32 Å². The number of likely N-dealkylation sites (N-methyl/N-ethyl adjacent to an activating group) is 1. The lowest BCUT2D eigenvalue weighted by Gasteiger charge is -2.36. The van der Waals surface area contributed by atoms with E-state index < -0.39 is 0 Å². The van der Waals surface area contributed by atoms with Gasteiger partial charge in [-0.15, -0.1) is 0 Å². The monoisotopic (exact) mass is 271 g/mol. The second kappa shape index (κ2) is 8.23. The van der Waals surface area contributed by atoms with Crippen LogP contribution in [0, 0.1) is 5.92 Å². The molecule has 0 spiro atoms. The van der Waals surface area contributed by atoms with Crippen LogP contribution in [0.1, 0.15) is 60.3 Å². The van der Waals surface area contributed by atoms with Crippen LogP contribution in [-0.4, -0.2) is 37.5 Å². The Bertz CT molecular complexity index is 237. The molecule has 114 valence electrons. The molecular formula is C16H33NO2. The third-order valence-electron chi connectivity index (χ3n) is 3.89. The summed E-state index contributed by atoms with van der Waals surface area (Å²) in [6, 6.07) is 0.530. The highest BCUT2D eigenvalue weighted by Crippen LogP contribution is 2.28. The highest BCUT2D eigenvalue weighted by molar-refractivity contribution is 4.85. The molecule has 0 aliphatic heterocycles. The Morgan fingerprint density at radius 3 is 2.42 bits per heavy atom. The molecule has 0 bridgehead atoms. The summed E-state index contributed by atoms with van der Waals surface area (Å²) < 4.78 is 11.8. The second-order valence-electron chi connectivity index (χ2n) is 6.62. The van der Waals surface area contributed by atoms with Crippen LogP contribution in [0.15, 0.2) is 0 Å². The van der Waals surface area contributed by atoms with Crippen molar-refractivity contribution in [3.63, 3.8) is 0 Å². The summed E-state index contributed by atoms with van der Waals surface area (Å²) in [6.45, 7) is 13.1. The maximum absolute atomic E-state index is 6.09. The Labute approximate surface area is 119 Å². The molecular weight excluding hydrogens is 238 g/mol. The van der Waals surface area contributed by atoms with E-state index in [2.05, 4.69) is 39.9 Å². The average Bonchev–Trinajstić information content (AvgIpc) is 2.35. The Balaban J connectivity index is 2.33. The van der Waals surface area contributed by atoms with Crippen LogP contribution in [0.25, 0.3) is 0 Å². The molecule has 0 aromatic heterocycles. The van der Waals surface area contributed by atoms with Crippen molar-refractivity contribution in [3.05, 3.63) is 0 Å². The van der Waals surface area contributed by atoms with Gasteiger partial charge in [-0.1, -0.05) is 20.3 Å². The normalized spacial score (nSPS) is 28.6. The first-order chi connectivity index (χ1) is 8.96. The largest absolute Gasteiger partial charge is 0.374 e. The zero-order valence-corrected chi connectivity index (χ0v) is 13.5. The SMILES string of the molecule is CCNC1CCC(CC)CC1OCCOC(C)(C)C. The summed E-state index contributed by atoms with van der Waals surface area (Å²) in [6.07, 6.45) is 5.42. The number of hydrogen-bond donors (Lipinski definition) is 1. The predicted molar refractivity (Wildman–Crippen MR) is 80.5 cm³/mol. The molecule has 0 aromatic rings. The summed E-state index contributed by atoms with van der Waals surface area (Å²) in [4.78, 5) is 0. The van der Waals surface area contributed by atoms with Gasteiger partial charge in [0.15, 0.2) is 0 Å². The lowest BCUT2D eigenvalue weighted by molar-refractivity contribution is -0.0698. The second-order valence-corrected chi connectivity index (χ2v) is 6.62. The van der Waals surface area contributed by atoms with Gasteiger partial charge in [-0.05, 0) is 52.5 Å². The molecule has 1 saturated carbocycles. The number of rotatable bonds is 7. The highest BCUT2D eigenvalue weighted by Gasteiger charge is 2.29. The smallest absolute Gasteiger partial charge is 0.0731 e. The van der Waals surface area contributed by atoms with Gasteiger partial charge in [0.2, 0.25) is 0 Å². The van der Waals surface area contributed by atoms with Crippen LogP contribution in [-0.2, 0) is 9.47 Å². The van der Waals surface area contributed by atoms with E-state index >= 15 is 0 Å². The van der Waals surface area contributed by atoms with Crippen LogP contribution in [0.4, 0.5) is 0 Å². The van der Waals surface area contributed by atoms with Crippen LogP contribution >= 0.6 is 0 Å². The quantitative estimate of drug-likeness (QED) is 0.720. The average molecular weight is 271 g/mol. The lowest BCUT2D eigenvalue weighted by Crippen LogP contribution is -2.46. The van der Waals surface area contributed by atoms with Crippen molar-refractivity contribution in [1.82, 2.24) is 5.32 Å². The van der Waals surface area contributed by atoms with Gasteiger partial charge in [0.05, 0.1) is 24.9 Å². The summed E-state index contributed by atoms with van der Waals surface area (Å²) in [5.41, 5.74) is -0.0665. The van der Waals surface area contributed by atoms with Gasteiger partial charge in [0, 0.05) is 6.04 Å². The first-order valence-corrected chi connectivity index (χ1v) is 7.95. The van der Waals surface area contributed by atoms with E-state index in [9.17, 15) is 0 Å². The summed E-state index contributed by atoms with van der Waals surface area (Å²) in [5, 5.41) is 3.57. The van der Waals surface area contributed by atoms with Crippen molar-refractivity contribution in [2.75, 3.05) is 19.8 Å². The van der Waals surface area contributed by atoms with Gasteiger partial charge >= 0.3 is 0 Å². The minimum absolute atomic E-state index is 0.0665. The molecule has 3 heteroatoms. The maximum atomic E-state index is 6.09. The standard InChI is InChI=1S/C16H33NO2/c1-6-13-8-9-14(17-7-2)15(12-13)18-10-11-19-16(3,4)5/h13-15,17H,6-12H2,1-5H3. The third kappa shape index (κ3) is 6.73. The van der Waals surface area contributed by atoms with E-state index in [0.29, 0.717) is 25.4 Å². The third-order valence-corrected chi connectivity index (χ3v) is 3.89. The number of ether oxygens (including phenoxy) is 2. The van der Waals surface area contributed by atoms with Crippen molar-refractivity contribution >= 4 is 0 Å². The van der Waals surface area contributed by atoms with Crippen molar-refractivity contribution in [2.24, 2.45) is 5.92 Å². The molecule has 0 aromatic carbocycles. The van der Waals surface area contributed by atoms with E-state index in [4.69, 9.17) is 9.47 Å². The topological polar surface area (TPSA) is 30.5 Å². The molecule has 0 saturated heterocycles. The fourth-order valence-electron chi connectivity index (χ4n) is 2.81. The predicted octanol–water partition coefficient (Wildman–Crippen LogP) is 3.37. The molecule has 0 heterocycles. The zero-order chi connectivity index (χ0) is 14.3. The summed E-state index contributed by atoms with van der Waals surface area (Å²) >= 11 is 0. The first kappa shape index (κ1) is 16.9. The molecule has 3 atom stereocenters.